The van der Waals surface area contributed by atoms with Crippen LogP contribution in [-0.4, -0.2) is 20.9 Å². The summed E-state index contributed by atoms with van der Waals surface area (Å²) in [5.74, 6) is -0.453. The molecule has 4 aromatic carbocycles. The summed E-state index contributed by atoms with van der Waals surface area (Å²) in [5, 5.41) is 2.37. The maximum Gasteiger partial charge on any atom is 0.417 e. The number of nitrogens with one attached hydrogen (secondary N) is 1. The number of hydrogen-bond donors (Lipinski definition) is 1. The number of aryl methyl sites for hydroxylation is 1. The first kappa shape index (κ1) is 30.2. The molecule has 0 aliphatic heterocycles. The Morgan fingerprint density at radius 3 is 2.15 bits per heavy atom. The van der Waals surface area contributed by atoms with E-state index in [4.69, 9.17) is 27.9 Å². The molecule has 0 spiro atoms. The highest BCUT2D eigenvalue weighted by Gasteiger charge is 2.33. The molecule has 0 saturated carbocycles. The number of rotatable bonds is 9. The van der Waals surface area contributed by atoms with Gasteiger partial charge in [-0.3, -0.25) is 9.10 Å². The van der Waals surface area contributed by atoms with Crippen molar-refractivity contribution >= 4 is 50.5 Å². The molecule has 6 nitrogen and oxygen atoms in total. The van der Waals surface area contributed by atoms with Crippen LogP contribution < -0.4 is 14.4 Å². The number of anilines is 2. The zero-order chi connectivity index (χ0) is 29.8. The maximum atomic E-state index is 13.6. The number of hydrogen-bond acceptors (Lipinski definition) is 4. The molecule has 1 N–H and O–H groups in total. The lowest BCUT2D eigenvalue weighted by Gasteiger charge is -2.25. The van der Waals surface area contributed by atoms with Crippen molar-refractivity contribution < 1.29 is 31.1 Å². The number of carbonyl (C=O) groups is 1. The average molecular weight is 623 g/mol. The number of nitrogens with zero attached hydrogens (tertiary/aromatic N) is 1. The van der Waals surface area contributed by atoms with E-state index in [2.05, 4.69) is 5.32 Å². The summed E-state index contributed by atoms with van der Waals surface area (Å²) >= 11 is 11.6. The second-order valence-electron chi connectivity index (χ2n) is 8.97. The molecule has 0 aliphatic carbocycles. The molecule has 0 atom stereocenters. The molecule has 4 rings (SSSR count). The van der Waals surface area contributed by atoms with Crippen LogP contribution in [0.5, 0.6) is 5.75 Å². The van der Waals surface area contributed by atoms with E-state index in [1.807, 2.05) is 6.92 Å². The molecular formula is C29H23Cl2F3N2O4S. The highest BCUT2D eigenvalue weighted by Crippen LogP contribution is 2.36. The zero-order valence-corrected chi connectivity index (χ0v) is 23.8. The van der Waals surface area contributed by atoms with Crippen LogP contribution in [0.1, 0.15) is 16.7 Å². The number of alkyl halides is 3. The fraction of sp³-hybridized carbons (Fsp3) is 0.138. The van der Waals surface area contributed by atoms with E-state index >= 15 is 0 Å². The smallest absolute Gasteiger partial charge is 0.417 e. The van der Waals surface area contributed by atoms with Gasteiger partial charge >= 0.3 is 6.18 Å². The number of carbonyl (C=O) groups excluding carboxylic acids is 1. The summed E-state index contributed by atoms with van der Waals surface area (Å²) in [6.07, 6.45) is -4.68. The van der Waals surface area contributed by atoms with Crippen molar-refractivity contribution in [3.63, 3.8) is 0 Å². The summed E-state index contributed by atoms with van der Waals surface area (Å²) in [5.41, 5.74) is 0.800. The third-order valence-corrected chi connectivity index (χ3v) is 8.27. The topological polar surface area (TPSA) is 75.7 Å². The van der Waals surface area contributed by atoms with E-state index in [0.717, 1.165) is 17.7 Å². The van der Waals surface area contributed by atoms with Gasteiger partial charge in [0.05, 0.1) is 27.7 Å². The molecule has 4 aromatic rings. The van der Waals surface area contributed by atoms with E-state index in [-0.39, 0.29) is 22.9 Å². The van der Waals surface area contributed by atoms with Gasteiger partial charge in [0.25, 0.3) is 15.9 Å². The first-order chi connectivity index (χ1) is 19.3. The lowest BCUT2D eigenvalue weighted by molar-refractivity contribution is -0.137. The Balaban J connectivity index is 1.50. The van der Waals surface area contributed by atoms with Gasteiger partial charge in [0.2, 0.25) is 0 Å². The van der Waals surface area contributed by atoms with Gasteiger partial charge < -0.3 is 10.1 Å². The highest BCUT2D eigenvalue weighted by atomic mass is 35.5. The quantitative estimate of drug-likeness (QED) is 0.207. The Labute approximate surface area is 245 Å². The monoisotopic (exact) mass is 622 g/mol. The molecule has 0 aliphatic rings. The molecule has 12 heteroatoms. The van der Waals surface area contributed by atoms with Gasteiger partial charge in [0.15, 0.2) is 6.61 Å². The van der Waals surface area contributed by atoms with Gasteiger partial charge in [-0.1, -0.05) is 53.0 Å². The van der Waals surface area contributed by atoms with Crippen molar-refractivity contribution in [1.82, 2.24) is 0 Å². The first-order valence-electron chi connectivity index (χ1n) is 12.1. The minimum Gasteiger partial charge on any atom is -0.484 e. The average Bonchev–Trinajstić information content (AvgIpc) is 2.92. The Kier molecular flexibility index (Phi) is 9.16. The van der Waals surface area contributed by atoms with Crippen molar-refractivity contribution in [2.24, 2.45) is 0 Å². The highest BCUT2D eigenvalue weighted by molar-refractivity contribution is 7.92. The van der Waals surface area contributed by atoms with E-state index in [1.54, 1.807) is 36.4 Å². The number of benzene rings is 4. The number of amides is 1. The van der Waals surface area contributed by atoms with Crippen LogP contribution in [0.25, 0.3) is 0 Å². The summed E-state index contributed by atoms with van der Waals surface area (Å²) < 4.78 is 73.2. The fourth-order valence-electron chi connectivity index (χ4n) is 3.78. The van der Waals surface area contributed by atoms with Gasteiger partial charge in [0, 0.05) is 10.7 Å². The largest absolute Gasteiger partial charge is 0.484 e. The predicted molar refractivity (Wildman–Crippen MR) is 153 cm³/mol. The predicted octanol–water partition coefficient (Wildman–Crippen LogP) is 7.73. The van der Waals surface area contributed by atoms with Gasteiger partial charge in [-0.2, -0.15) is 13.2 Å². The molecule has 1 amide bonds. The first-order valence-corrected chi connectivity index (χ1v) is 14.3. The second-order valence-corrected chi connectivity index (χ2v) is 11.7. The van der Waals surface area contributed by atoms with Crippen LogP contribution in [0.3, 0.4) is 0 Å². The number of ether oxygens (including phenoxy) is 1. The fourth-order valence-corrected chi connectivity index (χ4v) is 5.59. The second kappa shape index (κ2) is 12.4. The van der Waals surface area contributed by atoms with Crippen molar-refractivity contribution in [3.05, 3.63) is 118 Å². The summed E-state index contributed by atoms with van der Waals surface area (Å²) in [6, 6.07) is 22.4. The molecule has 0 radical (unpaired) electrons. The zero-order valence-electron chi connectivity index (χ0n) is 21.5. The lowest BCUT2D eigenvalue weighted by Crippen LogP contribution is -2.30. The standard InChI is InChI=1S/C29H23Cl2F3N2O4S/c1-19-2-13-25(14-3-19)41(38,39)36(17-20-4-6-21(30)7-5-20)23-9-11-24(12-10-23)40-18-28(37)35-22-8-15-27(31)26(16-22)29(32,33)34/h2-16H,17-18H2,1H3,(H,35,37). The molecular weight excluding hydrogens is 600 g/mol. The molecule has 0 aromatic heterocycles. The summed E-state index contributed by atoms with van der Waals surface area (Å²) in [7, 11) is -3.96. The summed E-state index contributed by atoms with van der Waals surface area (Å²) in [4.78, 5) is 12.4. The maximum absolute atomic E-state index is 13.6. The molecule has 0 fully saturated rings. The lowest BCUT2D eigenvalue weighted by atomic mass is 10.2. The van der Waals surface area contributed by atoms with E-state index in [1.165, 1.54) is 46.8 Å². The molecule has 0 heterocycles. The Hall–Kier alpha value is -3.73. The third kappa shape index (κ3) is 7.72. The van der Waals surface area contributed by atoms with E-state index in [0.29, 0.717) is 16.3 Å². The Morgan fingerprint density at radius 2 is 1.54 bits per heavy atom. The van der Waals surface area contributed by atoms with Gasteiger partial charge in [-0.05, 0) is 79.2 Å². The van der Waals surface area contributed by atoms with Crippen LogP contribution in [0.15, 0.2) is 95.9 Å². The summed E-state index contributed by atoms with van der Waals surface area (Å²) in [6.45, 7) is 1.38. The molecule has 0 saturated heterocycles. The van der Waals surface area contributed by atoms with E-state index < -0.39 is 39.3 Å². The van der Waals surface area contributed by atoms with Gasteiger partial charge in [-0.25, -0.2) is 8.42 Å². The minimum absolute atomic E-state index is 0.0248. The van der Waals surface area contributed by atoms with Crippen LogP contribution in [-0.2, 0) is 27.5 Å². The normalized spacial score (nSPS) is 11.7. The molecule has 0 bridgehead atoms. The van der Waals surface area contributed by atoms with E-state index in [9.17, 15) is 26.4 Å². The van der Waals surface area contributed by atoms with Crippen LogP contribution in [0, 0.1) is 6.92 Å². The SMILES string of the molecule is Cc1ccc(S(=O)(=O)N(Cc2ccc(Cl)cc2)c2ccc(OCC(=O)Nc3ccc(Cl)c(C(F)(F)F)c3)cc2)cc1. The molecule has 41 heavy (non-hydrogen) atoms. The number of sulfonamides is 1. The Bertz CT molecular complexity index is 1630. The molecule has 214 valence electrons. The van der Waals surface area contributed by atoms with Crippen molar-refractivity contribution in [1.29, 1.82) is 0 Å². The van der Waals surface area contributed by atoms with Crippen molar-refractivity contribution in [3.8, 4) is 5.75 Å². The van der Waals surface area contributed by atoms with Gasteiger partial charge in [-0.15, -0.1) is 0 Å². The van der Waals surface area contributed by atoms with Gasteiger partial charge in [0.1, 0.15) is 5.75 Å². The van der Waals surface area contributed by atoms with Crippen molar-refractivity contribution in [2.45, 2.75) is 24.5 Å². The van der Waals surface area contributed by atoms with Crippen LogP contribution in [0.4, 0.5) is 24.5 Å². The van der Waals surface area contributed by atoms with Crippen molar-refractivity contribution in [2.75, 3.05) is 16.2 Å². The number of halogens is 5. The Morgan fingerprint density at radius 1 is 0.902 bits per heavy atom. The third-order valence-electron chi connectivity index (χ3n) is 5.90. The van der Waals surface area contributed by atoms with Crippen LogP contribution >= 0.6 is 23.2 Å². The molecule has 0 unspecified atom stereocenters. The minimum atomic E-state index is -4.68. The van der Waals surface area contributed by atoms with Crippen LogP contribution in [0.2, 0.25) is 10.0 Å².